The van der Waals surface area contributed by atoms with Crippen molar-refractivity contribution in [3.05, 3.63) is 12.7 Å². The van der Waals surface area contributed by atoms with Crippen molar-refractivity contribution in [1.29, 1.82) is 0 Å². The average Bonchev–Trinajstić information content (AvgIpc) is 2.48. The van der Waals surface area contributed by atoms with Crippen LogP contribution in [0.5, 0.6) is 0 Å². The van der Waals surface area contributed by atoms with Crippen LogP contribution in [0.2, 0.25) is 0 Å². The van der Waals surface area contributed by atoms with E-state index in [-0.39, 0.29) is 6.61 Å². The number of esters is 1. The summed E-state index contributed by atoms with van der Waals surface area (Å²) in [5.41, 5.74) is -2.65. The van der Waals surface area contributed by atoms with E-state index >= 15 is 0 Å². The summed E-state index contributed by atoms with van der Waals surface area (Å²) in [6.45, 7) is 3.13. The Balaban J connectivity index is 0. The van der Waals surface area contributed by atoms with Crippen molar-refractivity contribution in [2.75, 3.05) is 6.61 Å². The van der Waals surface area contributed by atoms with Crippen molar-refractivity contribution >= 4 is 40.0 Å². The van der Waals surface area contributed by atoms with E-state index < -0.39 is 70.1 Å². The molecule has 0 heterocycles. The van der Waals surface area contributed by atoms with Crippen LogP contribution in [-0.2, 0) is 38.8 Å². The van der Waals surface area contributed by atoms with Crippen molar-refractivity contribution in [2.24, 2.45) is 0 Å². The SMILES string of the molecule is C=CCOC(=O)CC(O)(CC(=O)O)C(=O)O.O=C(O)CC(C(=O)O)S(=O)(=O)O. The van der Waals surface area contributed by atoms with Gasteiger partial charge < -0.3 is 30.3 Å². The highest BCUT2D eigenvalue weighted by atomic mass is 32.2. The van der Waals surface area contributed by atoms with Gasteiger partial charge in [0.2, 0.25) is 0 Å². The lowest BCUT2D eigenvalue weighted by atomic mass is 9.96. The Morgan fingerprint density at radius 3 is 1.75 bits per heavy atom. The Labute approximate surface area is 157 Å². The van der Waals surface area contributed by atoms with E-state index in [1.807, 2.05) is 0 Å². The first-order valence-electron chi connectivity index (χ1n) is 6.91. The van der Waals surface area contributed by atoms with E-state index in [0.717, 1.165) is 0 Å². The van der Waals surface area contributed by atoms with E-state index in [9.17, 15) is 37.5 Å². The lowest BCUT2D eigenvalue weighted by Crippen LogP contribution is -2.43. The number of carboxylic acids is 4. The standard InChI is InChI=1S/C9H12O7.C4H6O7S/c1-2-3-16-7(12)5-9(15,8(13)14)4-6(10)11;5-3(6)1-2(4(7)8)12(9,10)11/h2,15H,1,3-5H2,(H,10,11)(H,13,14);2H,1H2,(H,5,6)(H,7,8)(H,9,10,11). The number of carbonyl (C=O) groups is 5. The molecule has 0 saturated carbocycles. The van der Waals surface area contributed by atoms with Gasteiger partial charge in [0.15, 0.2) is 10.9 Å². The first-order chi connectivity index (χ1) is 12.6. The first-order valence-corrected chi connectivity index (χ1v) is 8.42. The van der Waals surface area contributed by atoms with Gasteiger partial charge in [0, 0.05) is 0 Å². The van der Waals surface area contributed by atoms with Gasteiger partial charge in [-0.2, -0.15) is 8.42 Å². The Morgan fingerprint density at radius 1 is 1.00 bits per heavy atom. The monoisotopic (exact) mass is 430 g/mol. The fourth-order valence-corrected chi connectivity index (χ4v) is 1.99. The van der Waals surface area contributed by atoms with Crippen LogP contribution in [-0.4, -0.2) is 85.8 Å². The zero-order valence-corrected chi connectivity index (χ0v) is 14.9. The van der Waals surface area contributed by atoms with E-state index in [2.05, 4.69) is 11.3 Å². The molecule has 6 N–H and O–H groups in total. The Bertz CT molecular complexity index is 724. The Hall–Kier alpha value is -3.04. The number of aliphatic carboxylic acids is 4. The molecule has 0 fully saturated rings. The number of carbonyl (C=O) groups excluding carboxylic acids is 1. The Kier molecular flexibility index (Phi) is 11.3. The lowest BCUT2D eigenvalue weighted by molar-refractivity contribution is -0.171. The number of aliphatic hydroxyl groups is 1. The summed E-state index contributed by atoms with van der Waals surface area (Å²) in [7, 11) is -4.84. The number of hydrogen-bond donors (Lipinski definition) is 6. The molecule has 2 atom stereocenters. The maximum absolute atomic E-state index is 11.0. The maximum Gasteiger partial charge on any atom is 0.336 e. The molecule has 0 saturated heterocycles. The normalized spacial score (nSPS) is 13.6. The zero-order valence-electron chi connectivity index (χ0n) is 14.0. The van der Waals surface area contributed by atoms with Crippen molar-refractivity contribution in [3.8, 4) is 0 Å². The van der Waals surface area contributed by atoms with Gasteiger partial charge in [-0.3, -0.25) is 23.7 Å². The molecule has 160 valence electrons. The third-order valence-corrected chi connectivity index (χ3v) is 3.72. The second-order valence-corrected chi connectivity index (χ2v) is 6.59. The molecule has 0 bridgehead atoms. The summed E-state index contributed by atoms with van der Waals surface area (Å²) in [5.74, 6) is -7.82. The van der Waals surface area contributed by atoms with Crippen LogP contribution in [0, 0.1) is 0 Å². The van der Waals surface area contributed by atoms with Gasteiger partial charge in [0.05, 0.1) is 19.3 Å². The first kappa shape index (κ1) is 27.2. The van der Waals surface area contributed by atoms with E-state index in [0.29, 0.717) is 0 Å². The third-order valence-electron chi connectivity index (χ3n) is 2.64. The zero-order chi connectivity index (χ0) is 22.7. The molecule has 28 heavy (non-hydrogen) atoms. The Morgan fingerprint density at radius 2 is 1.50 bits per heavy atom. The van der Waals surface area contributed by atoms with Crippen LogP contribution in [0.25, 0.3) is 0 Å². The largest absolute Gasteiger partial charge is 0.481 e. The fraction of sp³-hybridized carbons (Fsp3) is 0.462. The van der Waals surface area contributed by atoms with Gasteiger partial charge in [-0.25, -0.2) is 4.79 Å². The minimum atomic E-state index is -4.84. The lowest BCUT2D eigenvalue weighted by Gasteiger charge is -2.19. The molecule has 14 nitrogen and oxygen atoms in total. The van der Waals surface area contributed by atoms with Crippen LogP contribution in [0.15, 0.2) is 12.7 Å². The molecule has 0 amide bonds. The fourth-order valence-electron chi connectivity index (χ4n) is 1.38. The van der Waals surface area contributed by atoms with Crippen LogP contribution in [0.3, 0.4) is 0 Å². The predicted molar refractivity (Wildman–Crippen MR) is 85.8 cm³/mol. The van der Waals surface area contributed by atoms with Crippen LogP contribution in [0.4, 0.5) is 0 Å². The number of ether oxygens (including phenoxy) is 1. The molecule has 0 aliphatic rings. The summed E-state index contributed by atoms with van der Waals surface area (Å²) < 4.78 is 33.1. The molecule has 0 radical (unpaired) electrons. The van der Waals surface area contributed by atoms with Gasteiger partial charge in [0.1, 0.15) is 6.61 Å². The minimum Gasteiger partial charge on any atom is -0.481 e. The summed E-state index contributed by atoms with van der Waals surface area (Å²) in [5, 5.41) is 40.3. The van der Waals surface area contributed by atoms with Crippen molar-refractivity contribution in [2.45, 2.75) is 30.1 Å². The molecule has 0 aromatic rings. The molecule has 0 aliphatic heterocycles. The highest BCUT2D eigenvalue weighted by Crippen LogP contribution is 2.16. The quantitative estimate of drug-likeness (QED) is 0.120. The van der Waals surface area contributed by atoms with Crippen molar-refractivity contribution in [3.63, 3.8) is 0 Å². The summed E-state index contributed by atoms with van der Waals surface area (Å²) in [4.78, 5) is 52.0. The molecule has 2 unspecified atom stereocenters. The van der Waals surface area contributed by atoms with Gasteiger partial charge in [-0.1, -0.05) is 12.7 Å². The second-order valence-electron chi connectivity index (χ2n) is 5.00. The summed E-state index contributed by atoms with van der Waals surface area (Å²) >= 11 is 0. The molecular formula is C13H18O14S. The molecule has 0 rings (SSSR count). The highest BCUT2D eigenvalue weighted by Gasteiger charge is 2.41. The van der Waals surface area contributed by atoms with Crippen LogP contribution >= 0.6 is 0 Å². The van der Waals surface area contributed by atoms with E-state index in [4.69, 9.17) is 25.0 Å². The number of hydrogen-bond acceptors (Lipinski definition) is 9. The van der Waals surface area contributed by atoms with Crippen LogP contribution in [0.1, 0.15) is 19.3 Å². The molecule has 0 spiro atoms. The molecular weight excluding hydrogens is 412 g/mol. The second kappa shape index (κ2) is 11.6. The van der Waals surface area contributed by atoms with Crippen molar-refractivity contribution < 1.29 is 67.2 Å². The summed E-state index contributed by atoms with van der Waals surface area (Å²) in [6.07, 6.45) is -1.91. The molecule has 15 heteroatoms. The summed E-state index contributed by atoms with van der Waals surface area (Å²) in [6, 6.07) is 0. The van der Waals surface area contributed by atoms with Crippen LogP contribution < -0.4 is 0 Å². The van der Waals surface area contributed by atoms with Gasteiger partial charge in [0.25, 0.3) is 10.1 Å². The molecule has 0 aromatic heterocycles. The van der Waals surface area contributed by atoms with Gasteiger partial charge in [-0.05, 0) is 0 Å². The number of rotatable bonds is 11. The number of carboxylic acid groups (broad SMARTS) is 4. The van der Waals surface area contributed by atoms with E-state index in [1.165, 1.54) is 6.08 Å². The molecule has 0 aliphatic carbocycles. The van der Waals surface area contributed by atoms with E-state index in [1.54, 1.807) is 0 Å². The van der Waals surface area contributed by atoms with Crippen molar-refractivity contribution in [1.82, 2.24) is 0 Å². The highest BCUT2D eigenvalue weighted by molar-refractivity contribution is 7.87. The minimum absolute atomic E-state index is 0.137. The topological polar surface area (TPSA) is 250 Å². The predicted octanol–water partition coefficient (Wildman–Crippen LogP) is -1.80. The maximum atomic E-state index is 11.0. The average molecular weight is 430 g/mol. The smallest absolute Gasteiger partial charge is 0.336 e. The van der Waals surface area contributed by atoms with Gasteiger partial charge in [-0.15, -0.1) is 0 Å². The molecule has 0 aromatic carbocycles. The van der Waals surface area contributed by atoms with Gasteiger partial charge >= 0.3 is 29.8 Å². The third kappa shape index (κ3) is 11.6.